The molecule has 0 atom stereocenters. The van der Waals surface area contributed by atoms with Gasteiger partial charge in [-0.25, -0.2) is 0 Å². The minimum atomic E-state index is -4.40. The summed E-state index contributed by atoms with van der Waals surface area (Å²) >= 11 is 0. The lowest BCUT2D eigenvalue weighted by Gasteiger charge is -2.26. The van der Waals surface area contributed by atoms with Gasteiger partial charge < -0.3 is 16.0 Å². The maximum Gasteiger partial charge on any atom is 0.416 e. The molecular formula is C16H22F3N3. The Kier molecular flexibility index (Phi) is 5.34. The van der Waals surface area contributed by atoms with Gasteiger partial charge in [-0.2, -0.15) is 13.2 Å². The van der Waals surface area contributed by atoms with Gasteiger partial charge in [0, 0.05) is 24.5 Å². The largest absolute Gasteiger partial charge is 0.416 e. The van der Waals surface area contributed by atoms with Crippen LogP contribution in [0.1, 0.15) is 30.4 Å². The number of nitrogen functional groups attached to an aromatic ring is 1. The Morgan fingerprint density at radius 1 is 1.18 bits per heavy atom. The predicted molar refractivity (Wildman–Crippen MR) is 83.2 cm³/mol. The van der Waals surface area contributed by atoms with Crippen molar-refractivity contribution in [3.8, 4) is 0 Å². The summed E-state index contributed by atoms with van der Waals surface area (Å²) in [5, 5.41) is 3.09. The number of nitrogens with one attached hydrogen (secondary N) is 1. The van der Waals surface area contributed by atoms with Crippen LogP contribution in [-0.2, 0) is 6.18 Å². The minimum absolute atomic E-state index is 0.0869. The highest BCUT2D eigenvalue weighted by molar-refractivity contribution is 5.66. The third kappa shape index (κ3) is 4.66. The number of alkyl halides is 3. The van der Waals surface area contributed by atoms with Crippen molar-refractivity contribution in [3.63, 3.8) is 0 Å². The van der Waals surface area contributed by atoms with Crippen LogP contribution in [0, 0.1) is 0 Å². The lowest BCUT2D eigenvalue weighted by atomic mass is 10.1. The molecule has 122 valence electrons. The molecule has 0 saturated carbocycles. The van der Waals surface area contributed by atoms with Gasteiger partial charge in [-0.15, -0.1) is 0 Å². The normalized spacial score (nSPS) is 16.5. The molecule has 1 saturated heterocycles. The van der Waals surface area contributed by atoms with Crippen molar-refractivity contribution in [1.82, 2.24) is 10.2 Å². The lowest BCUT2D eigenvalue weighted by molar-refractivity contribution is -0.137. The van der Waals surface area contributed by atoms with Gasteiger partial charge in [0.25, 0.3) is 0 Å². The van der Waals surface area contributed by atoms with E-state index in [2.05, 4.69) is 16.8 Å². The maximum atomic E-state index is 12.8. The monoisotopic (exact) mass is 313 g/mol. The Balaban J connectivity index is 1.93. The second kappa shape index (κ2) is 7.05. The molecule has 0 aliphatic carbocycles. The van der Waals surface area contributed by atoms with E-state index in [1.165, 1.54) is 25.3 Å². The lowest BCUT2D eigenvalue weighted by Crippen LogP contribution is -2.35. The Hall–Kier alpha value is -1.69. The van der Waals surface area contributed by atoms with Crippen LogP contribution in [-0.4, -0.2) is 31.1 Å². The van der Waals surface area contributed by atoms with Crippen LogP contribution in [0.3, 0.4) is 0 Å². The zero-order valence-corrected chi connectivity index (χ0v) is 12.5. The molecule has 1 aromatic rings. The van der Waals surface area contributed by atoms with Crippen molar-refractivity contribution in [2.45, 2.75) is 25.4 Å². The molecule has 22 heavy (non-hydrogen) atoms. The third-order valence-electron chi connectivity index (χ3n) is 3.85. The van der Waals surface area contributed by atoms with Crippen LogP contribution >= 0.6 is 0 Å². The molecule has 0 radical (unpaired) electrons. The van der Waals surface area contributed by atoms with E-state index in [1.54, 1.807) is 0 Å². The number of nitrogens with zero attached hydrogens (tertiary/aromatic N) is 1. The van der Waals surface area contributed by atoms with Crippen LogP contribution in [0.2, 0.25) is 0 Å². The highest BCUT2D eigenvalue weighted by atomic mass is 19.4. The summed E-state index contributed by atoms with van der Waals surface area (Å²) in [6.45, 7) is 7.53. The second-order valence-electron chi connectivity index (χ2n) is 5.65. The topological polar surface area (TPSA) is 41.3 Å². The number of likely N-dealkylation sites (tertiary alicyclic amines) is 1. The molecule has 0 unspecified atom stereocenters. The van der Waals surface area contributed by atoms with Crippen LogP contribution in [0.4, 0.5) is 18.9 Å². The average molecular weight is 313 g/mol. The Morgan fingerprint density at radius 3 is 2.50 bits per heavy atom. The van der Waals surface area contributed by atoms with E-state index >= 15 is 0 Å². The molecule has 1 aliphatic rings. The quantitative estimate of drug-likeness (QED) is 0.819. The average Bonchev–Trinajstić information content (AvgIpc) is 2.46. The highest BCUT2D eigenvalue weighted by Crippen LogP contribution is 2.32. The third-order valence-corrected chi connectivity index (χ3v) is 3.85. The van der Waals surface area contributed by atoms with Gasteiger partial charge >= 0.3 is 6.18 Å². The first-order chi connectivity index (χ1) is 10.4. The minimum Gasteiger partial charge on any atom is -0.399 e. The Labute approximate surface area is 129 Å². The van der Waals surface area contributed by atoms with Crippen molar-refractivity contribution in [1.29, 1.82) is 0 Å². The highest BCUT2D eigenvalue weighted by Gasteiger charge is 2.31. The number of piperidine rings is 1. The number of hydrogen-bond donors (Lipinski definition) is 2. The first-order valence-corrected chi connectivity index (χ1v) is 7.49. The van der Waals surface area contributed by atoms with Gasteiger partial charge in [-0.1, -0.05) is 13.0 Å². The molecule has 3 nitrogen and oxygen atoms in total. The van der Waals surface area contributed by atoms with Gasteiger partial charge in [0.2, 0.25) is 0 Å². The van der Waals surface area contributed by atoms with Crippen molar-refractivity contribution in [3.05, 3.63) is 35.9 Å². The predicted octanol–water partition coefficient (Wildman–Crippen LogP) is 3.33. The summed E-state index contributed by atoms with van der Waals surface area (Å²) in [6, 6.07) is 3.52. The molecule has 0 aromatic heterocycles. The van der Waals surface area contributed by atoms with Crippen molar-refractivity contribution >= 4 is 11.4 Å². The van der Waals surface area contributed by atoms with Crippen molar-refractivity contribution in [2.24, 2.45) is 0 Å². The number of hydrogen-bond acceptors (Lipinski definition) is 3. The molecule has 1 aliphatic heterocycles. The molecule has 2 rings (SSSR count). The molecular weight excluding hydrogens is 291 g/mol. The smallest absolute Gasteiger partial charge is 0.399 e. The number of benzene rings is 1. The molecule has 0 spiro atoms. The number of anilines is 1. The van der Waals surface area contributed by atoms with E-state index in [1.807, 2.05) is 0 Å². The van der Waals surface area contributed by atoms with Gasteiger partial charge in [0.15, 0.2) is 0 Å². The van der Waals surface area contributed by atoms with E-state index in [4.69, 9.17) is 5.73 Å². The molecule has 1 fully saturated rings. The van der Waals surface area contributed by atoms with Gasteiger partial charge in [0.05, 0.1) is 5.56 Å². The molecule has 3 N–H and O–H groups in total. The summed E-state index contributed by atoms with van der Waals surface area (Å²) in [4.78, 5) is 2.35. The zero-order chi connectivity index (χ0) is 16.2. The maximum absolute atomic E-state index is 12.8. The summed E-state index contributed by atoms with van der Waals surface area (Å²) < 4.78 is 38.4. The van der Waals surface area contributed by atoms with E-state index in [0.717, 1.165) is 31.8 Å². The fourth-order valence-electron chi connectivity index (χ4n) is 2.64. The van der Waals surface area contributed by atoms with Gasteiger partial charge in [0.1, 0.15) is 0 Å². The number of nitrogens with two attached hydrogens (primary N) is 1. The molecule has 1 heterocycles. The van der Waals surface area contributed by atoms with Crippen LogP contribution in [0.15, 0.2) is 24.8 Å². The summed E-state index contributed by atoms with van der Waals surface area (Å²) in [7, 11) is 0. The van der Waals surface area contributed by atoms with E-state index in [9.17, 15) is 13.2 Å². The van der Waals surface area contributed by atoms with Crippen LogP contribution in [0.25, 0.3) is 5.70 Å². The van der Waals surface area contributed by atoms with E-state index in [-0.39, 0.29) is 5.69 Å². The van der Waals surface area contributed by atoms with Crippen LogP contribution < -0.4 is 11.1 Å². The fourth-order valence-corrected chi connectivity index (χ4v) is 2.64. The standard InChI is InChI=1S/C16H22F3N3/c1-12(21-5-8-22-6-3-2-4-7-22)13-9-14(16(17,18)19)11-15(20)10-13/h9-11,21H,1-8,20H2. The second-order valence-corrected chi connectivity index (χ2v) is 5.65. The Bertz CT molecular complexity index is 520. The summed E-state index contributed by atoms with van der Waals surface area (Å²) in [5.74, 6) is 0. The van der Waals surface area contributed by atoms with Crippen LogP contribution in [0.5, 0.6) is 0 Å². The van der Waals surface area contributed by atoms with Gasteiger partial charge in [-0.3, -0.25) is 0 Å². The van der Waals surface area contributed by atoms with Crippen molar-refractivity contribution < 1.29 is 13.2 Å². The zero-order valence-electron chi connectivity index (χ0n) is 12.5. The molecule has 1 aromatic carbocycles. The van der Waals surface area contributed by atoms with Gasteiger partial charge in [-0.05, 0) is 49.7 Å². The summed E-state index contributed by atoms with van der Waals surface area (Å²) in [5.41, 5.74) is 5.75. The molecule has 0 bridgehead atoms. The first kappa shape index (κ1) is 16.7. The van der Waals surface area contributed by atoms with Crippen molar-refractivity contribution in [2.75, 3.05) is 31.9 Å². The molecule has 6 heteroatoms. The van der Waals surface area contributed by atoms with E-state index < -0.39 is 11.7 Å². The Morgan fingerprint density at radius 2 is 1.86 bits per heavy atom. The number of rotatable bonds is 5. The number of halogens is 3. The molecule has 0 amide bonds. The summed E-state index contributed by atoms with van der Waals surface area (Å²) in [6.07, 6.45) is -0.700. The first-order valence-electron chi connectivity index (χ1n) is 7.49. The fraction of sp³-hybridized carbons (Fsp3) is 0.500. The van der Waals surface area contributed by atoms with E-state index in [0.29, 0.717) is 17.8 Å². The SMILES string of the molecule is C=C(NCCN1CCCCC1)c1cc(N)cc(C(F)(F)F)c1.